The van der Waals surface area contributed by atoms with E-state index in [1.54, 1.807) is 23.0 Å². The van der Waals surface area contributed by atoms with Crippen molar-refractivity contribution in [1.29, 1.82) is 5.26 Å². The molecule has 0 amide bonds. The lowest BCUT2D eigenvalue weighted by Crippen LogP contribution is -2.53. The van der Waals surface area contributed by atoms with Crippen LogP contribution in [0.4, 0.5) is 5.95 Å². The Kier molecular flexibility index (Phi) is 2.82. The summed E-state index contributed by atoms with van der Waals surface area (Å²) in [6, 6.07) is 4.09. The summed E-state index contributed by atoms with van der Waals surface area (Å²) in [6.07, 6.45) is 7.12. The minimum absolute atomic E-state index is 0.118. The van der Waals surface area contributed by atoms with Crippen molar-refractivity contribution >= 4 is 11.6 Å². The average molecular weight is 309 g/mol. The molecule has 0 unspecified atom stereocenters. The van der Waals surface area contributed by atoms with E-state index in [1.165, 1.54) is 0 Å². The van der Waals surface area contributed by atoms with Crippen molar-refractivity contribution in [2.24, 2.45) is 5.73 Å². The topological polar surface area (TPSA) is 137 Å². The van der Waals surface area contributed by atoms with Crippen LogP contribution in [0.5, 0.6) is 0 Å². The highest BCUT2D eigenvalue weighted by atomic mass is 15.4. The molecule has 23 heavy (non-hydrogen) atoms. The summed E-state index contributed by atoms with van der Waals surface area (Å²) >= 11 is 0. The van der Waals surface area contributed by atoms with Gasteiger partial charge >= 0.3 is 0 Å². The van der Waals surface area contributed by atoms with Gasteiger partial charge in [0.15, 0.2) is 11.5 Å². The third kappa shape index (κ3) is 2.03. The molecule has 3 aromatic rings. The van der Waals surface area contributed by atoms with Crippen LogP contribution < -0.4 is 11.5 Å². The third-order valence-corrected chi connectivity index (χ3v) is 4.29. The van der Waals surface area contributed by atoms with Gasteiger partial charge in [-0.1, -0.05) is 0 Å². The van der Waals surface area contributed by atoms with E-state index in [9.17, 15) is 0 Å². The maximum Gasteiger partial charge on any atom is 0.240 e. The highest BCUT2D eigenvalue weighted by Gasteiger charge is 2.45. The van der Waals surface area contributed by atoms with Gasteiger partial charge in [0.25, 0.3) is 0 Å². The lowest BCUT2D eigenvalue weighted by atomic mass is 9.71. The van der Waals surface area contributed by atoms with Crippen LogP contribution in [0.3, 0.4) is 0 Å². The van der Waals surface area contributed by atoms with Crippen LogP contribution in [0.25, 0.3) is 17.0 Å². The number of nitrogens with two attached hydrogens (primary N) is 2. The van der Waals surface area contributed by atoms with Crippen LogP contribution in [0.15, 0.2) is 24.7 Å². The van der Waals surface area contributed by atoms with Gasteiger partial charge in [0.05, 0.1) is 29.8 Å². The summed E-state index contributed by atoms with van der Waals surface area (Å²) in [5, 5.41) is 17.7. The molecule has 116 valence electrons. The van der Waals surface area contributed by atoms with Crippen molar-refractivity contribution in [3.63, 3.8) is 0 Å². The number of nitrogens with zero attached hydrogens (tertiary/aromatic N) is 7. The summed E-state index contributed by atoms with van der Waals surface area (Å²) in [5.74, 6) is 0.797. The Labute approximate surface area is 131 Å². The van der Waals surface area contributed by atoms with Gasteiger partial charge in [-0.3, -0.25) is 4.68 Å². The first-order valence-corrected chi connectivity index (χ1v) is 7.27. The number of hydrogen-bond acceptors (Lipinski definition) is 7. The van der Waals surface area contributed by atoms with Crippen molar-refractivity contribution in [1.82, 2.24) is 29.4 Å². The minimum atomic E-state index is -0.318. The van der Waals surface area contributed by atoms with E-state index in [0.717, 1.165) is 18.4 Å². The predicted octanol–water partition coefficient (Wildman–Crippen LogP) is 0.300. The molecule has 1 aliphatic rings. The van der Waals surface area contributed by atoms with Gasteiger partial charge in [-0.05, 0) is 12.8 Å². The normalized spacial score (nSPS) is 23.6. The number of hydrogen-bond donors (Lipinski definition) is 2. The van der Waals surface area contributed by atoms with E-state index in [-0.39, 0.29) is 17.5 Å². The molecule has 0 radical (unpaired) electrons. The maximum atomic E-state index is 9.10. The predicted molar refractivity (Wildman–Crippen MR) is 81.8 cm³/mol. The summed E-state index contributed by atoms with van der Waals surface area (Å²) < 4.78 is 3.41. The molecular weight excluding hydrogens is 294 g/mol. The Balaban J connectivity index is 1.77. The molecule has 0 atom stereocenters. The Morgan fingerprint density at radius 2 is 2.26 bits per heavy atom. The Bertz CT molecular complexity index is 910. The number of fused-ring (bicyclic) bond motifs is 1. The van der Waals surface area contributed by atoms with E-state index in [0.29, 0.717) is 17.9 Å². The monoisotopic (exact) mass is 309 g/mol. The van der Waals surface area contributed by atoms with E-state index in [1.807, 2.05) is 10.9 Å². The molecule has 0 bridgehead atoms. The Hall–Kier alpha value is -2.99. The highest BCUT2D eigenvalue weighted by molar-refractivity contribution is 5.57. The first-order valence-electron chi connectivity index (χ1n) is 7.27. The number of aromatic nitrogens is 6. The van der Waals surface area contributed by atoms with Gasteiger partial charge in [-0.2, -0.15) is 19.9 Å². The van der Waals surface area contributed by atoms with Gasteiger partial charge in [0.2, 0.25) is 5.95 Å². The highest BCUT2D eigenvalue weighted by Crippen LogP contribution is 2.41. The number of rotatable bonds is 3. The van der Waals surface area contributed by atoms with Crippen molar-refractivity contribution in [2.75, 3.05) is 5.73 Å². The van der Waals surface area contributed by atoms with Crippen LogP contribution in [0.2, 0.25) is 0 Å². The van der Waals surface area contributed by atoms with Crippen LogP contribution in [-0.4, -0.2) is 35.4 Å². The Morgan fingerprint density at radius 3 is 3.00 bits per heavy atom. The van der Waals surface area contributed by atoms with Crippen LogP contribution in [0.1, 0.15) is 19.3 Å². The molecule has 0 saturated heterocycles. The first kappa shape index (κ1) is 13.7. The largest absolute Gasteiger partial charge is 0.366 e. The molecule has 1 aliphatic carbocycles. The van der Waals surface area contributed by atoms with Gasteiger partial charge < -0.3 is 11.5 Å². The van der Waals surface area contributed by atoms with Gasteiger partial charge in [0.1, 0.15) is 0 Å². The summed E-state index contributed by atoms with van der Waals surface area (Å²) in [5.41, 5.74) is 12.7. The molecule has 1 fully saturated rings. The number of nitriles is 1. The summed E-state index contributed by atoms with van der Waals surface area (Å²) in [4.78, 5) is 8.48. The van der Waals surface area contributed by atoms with Crippen molar-refractivity contribution < 1.29 is 0 Å². The molecule has 0 aliphatic heterocycles. The molecular formula is C14H15N9. The minimum Gasteiger partial charge on any atom is -0.366 e. The fourth-order valence-electron chi connectivity index (χ4n) is 3.20. The standard InChI is InChI=1S/C14H15N9/c15-3-2-14(5-10(16)6-14)22-8-9(7-19-22)12-18-4-1-11-20-13(17)21-23(11)12/h1,4,7-8,10H,2,5-6,16H2,(H2,17,21). The molecule has 0 spiro atoms. The fourth-order valence-corrected chi connectivity index (χ4v) is 3.20. The lowest BCUT2D eigenvalue weighted by molar-refractivity contribution is 0.103. The smallest absolute Gasteiger partial charge is 0.240 e. The van der Waals surface area contributed by atoms with E-state index < -0.39 is 0 Å². The maximum absolute atomic E-state index is 9.10. The number of nitrogen functional groups attached to an aromatic ring is 1. The van der Waals surface area contributed by atoms with E-state index in [2.05, 4.69) is 26.2 Å². The molecule has 4 rings (SSSR count). The SMILES string of the molecule is N#CCC1(n2cc(-c3nccc4nc(N)nn34)cn2)CC(N)C1. The van der Waals surface area contributed by atoms with Gasteiger partial charge in [-0.25, -0.2) is 4.98 Å². The van der Waals surface area contributed by atoms with E-state index >= 15 is 0 Å². The average Bonchev–Trinajstić information content (AvgIpc) is 3.10. The van der Waals surface area contributed by atoms with Crippen molar-refractivity contribution in [3.05, 3.63) is 24.7 Å². The van der Waals surface area contributed by atoms with Crippen LogP contribution >= 0.6 is 0 Å². The zero-order valence-electron chi connectivity index (χ0n) is 12.3. The van der Waals surface area contributed by atoms with Gasteiger partial charge in [-0.15, -0.1) is 5.10 Å². The fraction of sp³-hybridized carbons (Fsp3) is 0.357. The third-order valence-electron chi connectivity index (χ3n) is 4.29. The first-order chi connectivity index (χ1) is 11.1. The molecule has 4 N–H and O–H groups in total. The van der Waals surface area contributed by atoms with E-state index in [4.69, 9.17) is 16.7 Å². The summed E-state index contributed by atoms with van der Waals surface area (Å²) in [7, 11) is 0. The van der Waals surface area contributed by atoms with Crippen LogP contribution in [0, 0.1) is 11.3 Å². The zero-order valence-corrected chi connectivity index (χ0v) is 12.3. The second kappa shape index (κ2) is 4.76. The number of anilines is 1. The molecule has 9 nitrogen and oxygen atoms in total. The molecule has 3 aromatic heterocycles. The van der Waals surface area contributed by atoms with Crippen molar-refractivity contribution in [2.45, 2.75) is 30.8 Å². The Morgan fingerprint density at radius 1 is 1.43 bits per heavy atom. The zero-order chi connectivity index (χ0) is 16.0. The molecule has 0 aromatic carbocycles. The summed E-state index contributed by atoms with van der Waals surface area (Å²) in [6.45, 7) is 0. The van der Waals surface area contributed by atoms with Crippen molar-refractivity contribution in [3.8, 4) is 17.5 Å². The second-order valence-electron chi connectivity index (χ2n) is 5.91. The van der Waals surface area contributed by atoms with Crippen LogP contribution in [-0.2, 0) is 5.54 Å². The molecule has 9 heteroatoms. The van der Waals surface area contributed by atoms with Gasteiger partial charge in [0, 0.05) is 24.5 Å². The molecule has 3 heterocycles. The lowest BCUT2D eigenvalue weighted by Gasteiger charge is -2.44. The second-order valence-corrected chi connectivity index (χ2v) is 5.91. The quantitative estimate of drug-likeness (QED) is 0.709. The molecule has 1 saturated carbocycles.